The lowest BCUT2D eigenvalue weighted by molar-refractivity contribution is -0.384. The Balaban J connectivity index is 1.44. The number of Topliss-reactive ketones (excluding diaryl/α,β-unsaturated/α-hetero) is 1. The first-order valence-electron chi connectivity index (χ1n) is 14.0. The molecule has 2 saturated heterocycles. The number of carbonyl (C=O) groups excluding carboxylic acids is 3. The molecule has 3 heterocycles. The molecule has 0 saturated carbocycles. The number of nitro benzene ring substituents is 1. The Morgan fingerprint density at radius 3 is 2.51 bits per heavy atom. The van der Waals surface area contributed by atoms with Gasteiger partial charge in [-0.1, -0.05) is 18.2 Å². The van der Waals surface area contributed by atoms with E-state index in [2.05, 4.69) is 5.32 Å². The molecule has 3 aliphatic rings. The standard InChI is InChI=1S/C32H29N3O9S/c1-43-27-11-17(4-9-24(27)37)3-7-20(36)14-26(39)29-23-15-45-16-34(23)32(30(29)18-5-10-25(38)28(12-18)44-2)21-13-19(35(41)42)6-8-22(21)33-31(32)40/h3-13,23,29-30,37-38H,14-16H2,1-2H3,(H,33,40)/b7-3+. The second kappa shape index (κ2) is 11.6. The number of nitro groups is 1. The van der Waals surface area contributed by atoms with E-state index in [0.29, 0.717) is 34.0 Å². The molecule has 4 atom stereocenters. The molecule has 4 unspecified atom stereocenters. The van der Waals surface area contributed by atoms with E-state index in [4.69, 9.17) is 9.47 Å². The molecule has 0 aliphatic carbocycles. The molecule has 232 valence electrons. The molecule has 3 aromatic rings. The Morgan fingerprint density at radius 1 is 1.09 bits per heavy atom. The van der Waals surface area contributed by atoms with Crippen LogP contribution in [0.4, 0.5) is 11.4 Å². The number of aromatic hydroxyl groups is 2. The van der Waals surface area contributed by atoms with E-state index in [1.165, 1.54) is 68.5 Å². The highest BCUT2D eigenvalue weighted by Gasteiger charge is 2.69. The molecule has 12 nitrogen and oxygen atoms in total. The lowest BCUT2D eigenvalue weighted by Gasteiger charge is -2.37. The van der Waals surface area contributed by atoms with Crippen molar-refractivity contribution in [1.82, 2.24) is 4.90 Å². The molecule has 45 heavy (non-hydrogen) atoms. The van der Waals surface area contributed by atoms with Crippen molar-refractivity contribution >= 4 is 46.7 Å². The molecular formula is C32H29N3O9S. The molecule has 3 N–H and O–H groups in total. The minimum Gasteiger partial charge on any atom is -0.504 e. The van der Waals surface area contributed by atoms with E-state index in [9.17, 15) is 34.7 Å². The van der Waals surface area contributed by atoms with Crippen molar-refractivity contribution in [2.75, 3.05) is 31.2 Å². The molecule has 0 aromatic heterocycles. The van der Waals surface area contributed by atoms with Gasteiger partial charge in [-0.3, -0.25) is 29.4 Å². The van der Waals surface area contributed by atoms with Crippen molar-refractivity contribution < 1.29 is 39.0 Å². The maximum atomic E-state index is 14.2. The first kappa shape index (κ1) is 30.2. The van der Waals surface area contributed by atoms with Crippen LogP contribution >= 0.6 is 11.8 Å². The van der Waals surface area contributed by atoms with Gasteiger partial charge in [0.15, 0.2) is 28.8 Å². The number of nitrogens with zero attached hydrogens (tertiary/aromatic N) is 2. The molecule has 1 spiro atoms. The van der Waals surface area contributed by atoms with E-state index in [-0.39, 0.29) is 34.5 Å². The number of ketones is 2. The zero-order chi connectivity index (χ0) is 32.0. The summed E-state index contributed by atoms with van der Waals surface area (Å²) in [5, 5.41) is 34.9. The topological polar surface area (TPSA) is 169 Å². The van der Waals surface area contributed by atoms with E-state index >= 15 is 0 Å². The predicted molar refractivity (Wildman–Crippen MR) is 166 cm³/mol. The number of anilines is 1. The third-order valence-electron chi connectivity index (χ3n) is 8.76. The first-order valence-corrected chi connectivity index (χ1v) is 15.2. The smallest absolute Gasteiger partial charge is 0.269 e. The SMILES string of the molecule is COc1cc(/C=C/C(=O)CC(=O)C2C3CSCN3C3(C(=O)Nc4ccc([N+](=O)[O-])cc43)C2c2ccc(O)c(OC)c2)ccc1O. The van der Waals surface area contributed by atoms with Gasteiger partial charge in [0.2, 0.25) is 5.91 Å². The van der Waals surface area contributed by atoms with Crippen LogP contribution in [0.2, 0.25) is 0 Å². The van der Waals surface area contributed by atoms with Crippen LogP contribution in [0.1, 0.15) is 29.0 Å². The molecular weight excluding hydrogens is 602 g/mol. The normalized spacial score (nSPS) is 23.6. The number of ether oxygens (including phenoxy) is 2. The second-order valence-corrected chi connectivity index (χ2v) is 12.1. The summed E-state index contributed by atoms with van der Waals surface area (Å²) in [7, 11) is 2.79. The van der Waals surface area contributed by atoms with Crippen molar-refractivity contribution in [3.8, 4) is 23.0 Å². The summed E-state index contributed by atoms with van der Waals surface area (Å²) in [6.45, 7) is 0. The molecule has 2 fully saturated rings. The van der Waals surface area contributed by atoms with Gasteiger partial charge in [0.1, 0.15) is 11.3 Å². The highest BCUT2D eigenvalue weighted by Crippen LogP contribution is 2.62. The van der Waals surface area contributed by atoms with Gasteiger partial charge in [-0.2, -0.15) is 0 Å². The Hall–Kier alpha value is -4.88. The van der Waals surface area contributed by atoms with Crippen LogP contribution in [0.15, 0.2) is 60.7 Å². The van der Waals surface area contributed by atoms with Gasteiger partial charge in [-0.15, -0.1) is 11.8 Å². The minimum absolute atomic E-state index is 0.0509. The lowest BCUT2D eigenvalue weighted by Crippen LogP contribution is -2.50. The number of allylic oxidation sites excluding steroid dienone is 1. The third kappa shape index (κ3) is 4.88. The average molecular weight is 632 g/mol. The van der Waals surface area contributed by atoms with Gasteiger partial charge in [-0.25, -0.2) is 0 Å². The number of phenols is 2. The summed E-state index contributed by atoms with van der Waals surface area (Å²) in [6.07, 6.45) is 2.36. The number of non-ortho nitro benzene ring substituents is 1. The predicted octanol–water partition coefficient (Wildman–Crippen LogP) is 4.20. The fourth-order valence-electron chi connectivity index (χ4n) is 6.86. The number of rotatable bonds is 9. The number of amides is 1. The summed E-state index contributed by atoms with van der Waals surface area (Å²) in [4.78, 5) is 54.8. The Bertz CT molecular complexity index is 1780. The summed E-state index contributed by atoms with van der Waals surface area (Å²) in [5.41, 5.74) is 0.187. The average Bonchev–Trinajstić information content (AvgIpc) is 3.69. The van der Waals surface area contributed by atoms with E-state index in [0.717, 1.165) is 0 Å². The largest absolute Gasteiger partial charge is 0.504 e. The van der Waals surface area contributed by atoms with Crippen LogP contribution in [-0.4, -0.2) is 69.4 Å². The highest BCUT2D eigenvalue weighted by atomic mass is 32.2. The number of methoxy groups -OCH3 is 2. The summed E-state index contributed by atoms with van der Waals surface area (Å²) in [6, 6.07) is 12.9. The van der Waals surface area contributed by atoms with Crippen molar-refractivity contribution in [2.45, 2.75) is 23.9 Å². The van der Waals surface area contributed by atoms with Crippen LogP contribution in [0.25, 0.3) is 6.08 Å². The van der Waals surface area contributed by atoms with Gasteiger partial charge in [-0.05, 0) is 47.5 Å². The van der Waals surface area contributed by atoms with Gasteiger partial charge >= 0.3 is 0 Å². The van der Waals surface area contributed by atoms with Crippen molar-refractivity contribution in [1.29, 1.82) is 0 Å². The van der Waals surface area contributed by atoms with Crippen LogP contribution in [0.5, 0.6) is 23.0 Å². The molecule has 0 radical (unpaired) electrons. The van der Waals surface area contributed by atoms with Crippen molar-refractivity contribution in [3.63, 3.8) is 0 Å². The monoisotopic (exact) mass is 631 g/mol. The van der Waals surface area contributed by atoms with Crippen LogP contribution < -0.4 is 14.8 Å². The molecule has 3 aliphatic heterocycles. The number of carbonyl (C=O) groups is 3. The fraction of sp³-hybridized carbons (Fsp3) is 0.281. The fourth-order valence-corrected chi connectivity index (χ4v) is 8.18. The van der Waals surface area contributed by atoms with Crippen LogP contribution in [0.3, 0.4) is 0 Å². The molecule has 1 amide bonds. The first-order chi connectivity index (χ1) is 21.6. The van der Waals surface area contributed by atoms with E-state index < -0.39 is 46.5 Å². The van der Waals surface area contributed by atoms with Gasteiger partial charge in [0.25, 0.3) is 5.69 Å². The molecule has 0 bridgehead atoms. The zero-order valence-corrected chi connectivity index (χ0v) is 25.1. The van der Waals surface area contributed by atoms with Crippen LogP contribution in [0, 0.1) is 16.0 Å². The number of hydrogen-bond donors (Lipinski definition) is 3. The van der Waals surface area contributed by atoms with Gasteiger partial charge in [0, 0.05) is 52.9 Å². The van der Waals surface area contributed by atoms with Gasteiger partial charge < -0.3 is 25.0 Å². The summed E-state index contributed by atoms with van der Waals surface area (Å²) in [5.74, 6) is -1.92. The Labute approximate surface area is 261 Å². The van der Waals surface area contributed by atoms with Crippen LogP contribution in [-0.2, 0) is 19.9 Å². The van der Waals surface area contributed by atoms with E-state index in [1.54, 1.807) is 24.3 Å². The second-order valence-electron chi connectivity index (χ2n) is 11.1. The Kier molecular flexibility index (Phi) is 7.75. The number of thioether (sulfide) groups is 1. The number of phenolic OH excluding ortho intramolecular Hbond substituents is 2. The number of nitrogens with one attached hydrogen (secondary N) is 1. The number of hydrogen-bond acceptors (Lipinski definition) is 11. The maximum Gasteiger partial charge on any atom is 0.269 e. The van der Waals surface area contributed by atoms with E-state index in [1.807, 2.05) is 4.90 Å². The zero-order valence-electron chi connectivity index (χ0n) is 24.3. The quantitative estimate of drug-likeness (QED) is 0.134. The molecule has 13 heteroatoms. The maximum absolute atomic E-state index is 14.2. The summed E-state index contributed by atoms with van der Waals surface area (Å²) < 4.78 is 10.5. The van der Waals surface area contributed by atoms with Crippen molar-refractivity contribution in [3.05, 3.63) is 87.5 Å². The highest BCUT2D eigenvalue weighted by molar-refractivity contribution is 7.99. The number of benzene rings is 3. The molecule has 3 aromatic carbocycles. The minimum atomic E-state index is -1.50. The molecule has 6 rings (SSSR count). The lowest BCUT2D eigenvalue weighted by atomic mass is 9.69. The van der Waals surface area contributed by atoms with Gasteiger partial charge in [0.05, 0.1) is 25.6 Å². The summed E-state index contributed by atoms with van der Waals surface area (Å²) >= 11 is 1.54. The third-order valence-corrected chi connectivity index (χ3v) is 9.80. The number of fused-ring (bicyclic) bond motifs is 4. The van der Waals surface area contributed by atoms with Crippen molar-refractivity contribution in [2.24, 2.45) is 5.92 Å². The Morgan fingerprint density at radius 2 is 1.80 bits per heavy atom.